The van der Waals surface area contributed by atoms with Gasteiger partial charge < -0.3 is 23.4 Å². The number of Topliss-reactive ketones (excluding diaryl/α,β-unsaturated/α-hetero) is 1. The first-order valence-corrected chi connectivity index (χ1v) is 2.57. The molecule has 0 bridgehead atoms. The van der Waals surface area contributed by atoms with E-state index in [2.05, 4.69) is 4.74 Å². The molecular formula is C7H12O3Y-2. The van der Waals surface area contributed by atoms with Crippen LogP contribution in [0.25, 0.3) is 0 Å². The van der Waals surface area contributed by atoms with Gasteiger partial charge in [-0.05, 0) is 12.7 Å². The van der Waals surface area contributed by atoms with E-state index in [1.54, 1.807) is 0 Å². The maximum atomic E-state index is 10.3. The molecule has 0 saturated carbocycles. The predicted octanol–water partition coefficient (Wildman–Crippen LogP) is 0.791. The van der Waals surface area contributed by atoms with Crippen molar-refractivity contribution < 1.29 is 47.0 Å². The molecule has 0 rings (SSSR count). The predicted molar refractivity (Wildman–Crippen MR) is 38.0 cm³/mol. The average Bonchev–Trinajstić information content (AvgIpc) is 1.83. The smallest absolute Gasteiger partial charge is 0.278 e. The zero-order chi connectivity index (χ0) is 7.28. The van der Waals surface area contributed by atoms with E-state index >= 15 is 0 Å². The van der Waals surface area contributed by atoms with Crippen molar-refractivity contribution in [1.82, 2.24) is 0 Å². The van der Waals surface area contributed by atoms with Gasteiger partial charge in [0.2, 0.25) is 0 Å². The Labute approximate surface area is 92.8 Å². The van der Waals surface area contributed by atoms with Gasteiger partial charge in [-0.15, -0.1) is 0 Å². The van der Waals surface area contributed by atoms with Gasteiger partial charge >= 0.3 is 0 Å². The molecule has 0 aromatic heterocycles. The Kier molecular flexibility index (Phi) is 15.9. The van der Waals surface area contributed by atoms with Crippen LogP contribution in [0.5, 0.6) is 0 Å². The van der Waals surface area contributed by atoms with E-state index < -0.39 is 0 Å². The van der Waals surface area contributed by atoms with Crippen molar-refractivity contribution in [2.24, 2.45) is 0 Å². The Bertz CT molecular complexity index is 123. The van der Waals surface area contributed by atoms with E-state index in [-0.39, 0.29) is 58.3 Å². The molecule has 0 aliphatic carbocycles. The fourth-order valence-corrected chi connectivity index (χ4v) is 0.310. The van der Waals surface area contributed by atoms with Crippen LogP contribution < -0.4 is 0 Å². The summed E-state index contributed by atoms with van der Waals surface area (Å²) >= 11 is 0. The van der Waals surface area contributed by atoms with Gasteiger partial charge in [0.1, 0.15) is 0 Å². The van der Waals surface area contributed by atoms with Crippen LogP contribution in [0.15, 0.2) is 0 Å². The maximum absolute atomic E-state index is 10.3. The summed E-state index contributed by atoms with van der Waals surface area (Å²) in [6.45, 7) is 1.39. The molecule has 0 atom stereocenters. The molecule has 0 aliphatic heterocycles. The molecule has 0 amide bonds. The van der Waals surface area contributed by atoms with E-state index in [0.29, 0.717) is 0 Å². The monoisotopic (exact) mass is 233 g/mol. The SMILES string of the molecule is COC(=O)C[CH-]C(C)=O.[CH3-].[Y]. The molecule has 3 nitrogen and oxygen atoms in total. The van der Waals surface area contributed by atoms with Crippen molar-refractivity contribution in [3.63, 3.8) is 0 Å². The Morgan fingerprint density at radius 2 is 1.91 bits per heavy atom. The average molecular weight is 233 g/mol. The maximum Gasteiger partial charge on any atom is 0.278 e. The van der Waals surface area contributed by atoms with Crippen LogP contribution in [0.4, 0.5) is 0 Å². The fourth-order valence-electron chi connectivity index (χ4n) is 0.310. The molecule has 0 aromatic carbocycles. The molecule has 0 fully saturated rings. The van der Waals surface area contributed by atoms with Gasteiger partial charge in [-0.3, -0.25) is 4.79 Å². The fraction of sp³-hybridized carbons (Fsp3) is 0.429. The molecule has 0 unspecified atom stereocenters. The summed E-state index contributed by atoms with van der Waals surface area (Å²) in [4.78, 5) is 20.5. The van der Waals surface area contributed by atoms with Crippen molar-refractivity contribution in [1.29, 1.82) is 0 Å². The summed E-state index contributed by atoms with van der Waals surface area (Å²) < 4.78 is 4.28. The van der Waals surface area contributed by atoms with Gasteiger partial charge in [-0.25, -0.2) is 0 Å². The van der Waals surface area contributed by atoms with Crippen LogP contribution in [0.2, 0.25) is 0 Å². The first-order valence-electron chi connectivity index (χ1n) is 2.57. The molecule has 0 aliphatic rings. The van der Waals surface area contributed by atoms with Gasteiger partial charge in [0.15, 0.2) is 0 Å². The Hall–Kier alpha value is 0.114. The molecule has 4 heteroatoms. The standard InChI is InChI=1S/C6H9O3.CH3.Y/c1-5(7)3-4-6(8)9-2;;/h3H,4H2,1-2H3;1H3;/q2*-1;. The van der Waals surface area contributed by atoms with Crippen LogP contribution >= 0.6 is 0 Å². The second kappa shape index (κ2) is 10.1. The molecule has 0 aromatic rings. The number of hydrogen-bond donors (Lipinski definition) is 0. The third-order valence-electron chi connectivity index (χ3n) is 0.784. The number of esters is 1. The summed E-state index contributed by atoms with van der Waals surface area (Å²) in [6.07, 6.45) is 1.36. The molecule has 0 spiro atoms. The summed E-state index contributed by atoms with van der Waals surface area (Å²) in [5, 5.41) is 0. The van der Waals surface area contributed by atoms with Gasteiger partial charge in [-0.2, -0.15) is 0 Å². The van der Waals surface area contributed by atoms with Crippen molar-refractivity contribution in [2.75, 3.05) is 7.11 Å². The Morgan fingerprint density at radius 1 is 1.45 bits per heavy atom. The van der Waals surface area contributed by atoms with Crippen molar-refractivity contribution in [3.05, 3.63) is 13.8 Å². The zero-order valence-electron chi connectivity index (χ0n) is 7.09. The van der Waals surface area contributed by atoms with Crippen LogP contribution in [0.3, 0.4) is 0 Å². The third kappa shape index (κ3) is 13.2. The van der Waals surface area contributed by atoms with Gasteiger partial charge in [0.05, 0.1) is 7.11 Å². The zero-order valence-corrected chi connectivity index (χ0v) is 9.92. The van der Waals surface area contributed by atoms with Crippen molar-refractivity contribution >= 4 is 11.8 Å². The number of hydrogen-bond acceptors (Lipinski definition) is 3. The quantitative estimate of drug-likeness (QED) is 0.534. The topological polar surface area (TPSA) is 43.4 Å². The van der Waals surface area contributed by atoms with E-state index in [1.165, 1.54) is 20.5 Å². The van der Waals surface area contributed by atoms with E-state index in [1.807, 2.05) is 0 Å². The second-order valence-corrected chi connectivity index (χ2v) is 1.60. The molecule has 0 heterocycles. The number of ether oxygens (including phenoxy) is 1. The van der Waals surface area contributed by atoms with Crippen molar-refractivity contribution in [2.45, 2.75) is 13.3 Å². The van der Waals surface area contributed by atoms with Gasteiger partial charge in [-0.1, -0.05) is 6.42 Å². The largest absolute Gasteiger partial charge is 0.471 e. The number of carbonyl (C=O) groups is 2. The Balaban J connectivity index is -0.000000320. The van der Waals surface area contributed by atoms with Crippen LogP contribution in [0, 0.1) is 13.8 Å². The van der Waals surface area contributed by atoms with Gasteiger partial charge in [0, 0.05) is 32.7 Å². The molecular weight excluding hydrogens is 221 g/mol. The van der Waals surface area contributed by atoms with Crippen LogP contribution in [-0.2, 0) is 47.0 Å². The molecule has 0 N–H and O–H groups in total. The van der Waals surface area contributed by atoms with Crippen LogP contribution in [-0.4, -0.2) is 18.9 Å². The molecule has 1 radical (unpaired) electrons. The van der Waals surface area contributed by atoms with E-state index in [0.717, 1.165) is 0 Å². The summed E-state index contributed by atoms with van der Waals surface area (Å²) in [5.41, 5.74) is 0. The van der Waals surface area contributed by atoms with Gasteiger partial charge in [0.25, 0.3) is 5.97 Å². The van der Waals surface area contributed by atoms with Crippen molar-refractivity contribution in [3.8, 4) is 0 Å². The first-order chi connectivity index (χ1) is 4.16. The number of methoxy groups -OCH3 is 1. The Morgan fingerprint density at radius 3 is 2.18 bits per heavy atom. The summed E-state index contributed by atoms with van der Waals surface area (Å²) in [7, 11) is 1.29. The first kappa shape index (κ1) is 17.3. The summed E-state index contributed by atoms with van der Waals surface area (Å²) in [5.74, 6) is -0.495. The minimum atomic E-state index is -0.384. The molecule has 63 valence electrons. The van der Waals surface area contributed by atoms with E-state index in [4.69, 9.17) is 0 Å². The minimum Gasteiger partial charge on any atom is -0.471 e. The van der Waals surface area contributed by atoms with Crippen LogP contribution in [0.1, 0.15) is 13.3 Å². The number of rotatable bonds is 3. The third-order valence-corrected chi connectivity index (χ3v) is 0.784. The molecule has 11 heavy (non-hydrogen) atoms. The molecule has 0 saturated heterocycles. The normalized spacial score (nSPS) is 6.73. The van der Waals surface area contributed by atoms with E-state index in [9.17, 15) is 9.59 Å². The number of ketones is 1. The number of carbonyl (C=O) groups excluding carboxylic acids is 2. The minimum absolute atomic E-state index is 0. The second-order valence-electron chi connectivity index (χ2n) is 1.60. The summed E-state index contributed by atoms with van der Waals surface area (Å²) in [6, 6.07) is 0.